The summed E-state index contributed by atoms with van der Waals surface area (Å²) in [7, 11) is 0. The van der Waals surface area contributed by atoms with Gasteiger partial charge in [-0.3, -0.25) is 0 Å². The lowest BCUT2D eigenvalue weighted by atomic mass is 9.88. The molecule has 0 unspecified atom stereocenters. The number of piperidine rings is 1. The van der Waals surface area contributed by atoms with E-state index >= 15 is 0 Å². The van der Waals surface area contributed by atoms with Crippen LogP contribution in [0.3, 0.4) is 0 Å². The number of ether oxygens (including phenoxy) is 1. The summed E-state index contributed by atoms with van der Waals surface area (Å²) in [4.78, 5) is 14.1. The van der Waals surface area contributed by atoms with Gasteiger partial charge in [0.25, 0.3) is 0 Å². The van der Waals surface area contributed by atoms with E-state index in [0.29, 0.717) is 17.9 Å². The molecule has 0 radical (unpaired) electrons. The van der Waals surface area contributed by atoms with Crippen molar-refractivity contribution in [1.82, 2.24) is 4.90 Å². The monoisotopic (exact) mass is 273 g/mol. The Kier molecular flexibility index (Phi) is 3.23. The SMILES string of the molecule is CC(C)(C)OC(=O)N1C[C@H]2C[C@@H]1C[C@@H]2c1ccccc1. The molecule has 1 heterocycles. The zero-order valence-corrected chi connectivity index (χ0v) is 12.5. The van der Waals surface area contributed by atoms with Crippen LogP contribution in [0.1, 0.15) is 45.1 Å². The van der Waals surface area contributed by atoms with Crippen LogP contribution < -0.4 is 0 Å². The van der Waals surface area contributed by atoms with Crippen LogP contribution in [0.2, 0.25) is 0 Å². The number of fused-ring (bicyclic) bond motifs is 2. The van der Waals surface area contributed by atoms with Crippen molar-refractivity contribution in [2.45, 2.75) is 51.2 Å². The molecule has 3 nitrogen and oxygen atoms in total. The number of hydrogen-bond acceptors (Lipinski definition) is 2. The molecule has 1 saturated heterocycles. The molecule has 2 bridgehead atoms. The van der Waals surface area contributed by atoms with E-state index in [-0.39, 0.29) is 6.09 Å². The van der Waals surface area contributed by atoms with Gasteiger partial charge >= 0.3 is 6.09 Å². The molecule has 3 rings (SSSR count). The minimum atomic E-state index is -0.405. The maximum Gasteiger partial charge on any atom is 0.410 e. The highest BCUT2D eigenvalue weighted by Gasteiger charge is 2.47. The Labute approximate surface area is 120 Å². The van der Waals surface area contributed by atoms with Gasteiger partial charge in [-0.15, -0.1) is 0 Å². The van der Waals surface area contributed by atoms with Gasteiger partial charge in [0.2, 0.25) is 0 Å². The molecule has 3 atom stereocenters. The van der Waals surface area contributed by atoms with E-state index in [2.05, 4.69) is 30.3 Å². The second kappa shape index (κ2) is 4.80. The van der Waals surface area contributed by atoms with Gasteiger partial charge in [-0.2, -0.15) is 0 Å². The summed E-state index contributed by atoms with van der Waals surface area (Å²) >= 11 is 0. The van der Waals surface area contributed by atoms with Crippen LogP contribution in [0.25, 0.3) is 0 Å². The van der Waals surface area contributed by atoms with Gasteiger partial charge in [0.1, 0.15) is 5.60 Å². The maximum absolute atomic E-state index is 12.2. The third-order valence-corrected chi connectivity index (χ3v) is 4.40. The minimum Gasteiger partial charge on any atom is -0.444 e. The number of benzene rings is 1. The number of amides is 1. The molecular weight excluding hydrogens is 250 g/mol. The zero-order valence-electron chi connectivity index (χ0n) is 12.5. The average molecular weight is 273 g/mol. The Morgan fingerprint density at radius 1 is 1.20 bits per heavy atom. The molecule has 2 fully saturated rings. The van der Waals surface area contributed by atoms with Crippen molar-refractivity contribution in [3.05, 3.63) is 35.9 Å². The first kappa shape index (κ1) is 13.5. The van der Waals surface area contributed by atoms with Crippen LogP contribution in [0.5, 0.6) is 0 Å². The van der Waals surface area contributed by atoms with E-state index in [1.807, 2.05) is 25.7 Å². The molecule has 1 saturated carbocycles. The summed E-state index contributed by atoms with van der Waals surface area (Å²) in [6, 6.07) is 11.1. The van der Waals surface area contributed by atoms with Crippen LogP contribution in [0, 0.1) is 5.92 Å². The van der Waals surface area contributed by atoms with Crippen LogP contribution in [-0.4, -0.2) is 29.2 Å². The number of rotatable bonds is 1. The fourth-order valence-electron chi connectivity index (χ4n) is 3.61. The fourth-order valence-corrected chi connectivity index (χ4v) is 3.61. The van der Waals surface area contributed by atoms with Crippen molar-refractivity contribution in [1.29, 1.82) is 0 Å². The summed E-state index contributed by atoms with van der Waals surface area (Å²) in [6.45, 7) is 6.61. The average Bonchev–Trinajstić information content (AvgIpc) is 2.97. The fraction of sp³-hybridized carbons (Fsp3) is 0.588. The van der Waals surface area contributed by atoms with Crippen LogP contribution in [0.15, 0.2) is 30.3 Å². The molecule has 0 aromatic heterocycles. The van der Waals surface area contributed by atoms with Gasteiger partial charge in [-0.05, 0) is 51.0 Å². The van der Waals surface area contributed by atoms with Gasteiger partial charge in [0.15, 0.2) is 0 Å². The molecular formula is C17H23NO2. The molecule has 1 aromatic carbocycles. The number of nitrogens with zero attached hydrogens (tertiary/aromatic N) is 1. The van der Waals surface area contributed by atoms with Crippen molar-refractivity contribution < 1.29 is 9.53 Å². The van der Waals surface area contributed by atoms with Gasteiger partial charge in [-0.1, -0.05) is 30.3 Å². The summed E-state index contributed by atoms with van der Waals surface area (Å²) in [5.41, 5.74) is 1.02. The van der Waals surface area contributed by atoms with Crippen LogP contribution >= 0.6 is 0 Å². The Balaban J connectivity index is 1.66. The Morgan fingerprint density at radius 2 is 1.90 bits per heavy atom. The quantitative estimate of drug-likeness (QED) is 0.779. The summed E-state index contributed by atoms with van der Waals surface area (Å²) in [6.07, 6.45) is 2.06. The van der Waals surface area contributed by atoms with Gasteiger partial charge in [0.05, 0.1) is 0 Å². The molecule has 0 spiro atoms. The number of carbonyl (C=O) groups excluding carboxylic acids is 1. The van der Waals surface area contributed by atoms with Gasteiger partial charge in [0, 0.05) is 12.6 Å². The molecule has 2 aliphatic rings. The smallest absolute Gasteiger partial charge is 0.410 e. The van der Waals surface area contributed by atoms with E-state index in [0.717, 1.165) is 19.4 Å². The van der Waals surface area contributed by atoms with Gasteiger partial charge < -0.3 is 9.64 Å². The van der Waals surface area contributed by atoms with E-state index in [1.54, 1.807) is 0 Å². The minimum absolute atomic E-state index is 0.142. The molecule has 3 heteroatoms. The van der Waals surface area contributed by atoms with Gasteiger partial charge in [-0.25, -0.2) is 4.79 Å². The summed E-state index contributed by atoms with van der Waals surface area (Å²) in [5.74, 6) is 1.20. The van der Waals surface area contributed by atoms with E-state index < -0.39 is 5.60 Å². The largest absolute Gasteiger partial charge is 0.444 e. The number of carbonyl (C=O) groups is 1. The third kappa shape index (κ3) is 2.54. The topological polar surface area (TPSA) is 29.5 Å². The normalized spacial score (nSPS) is 28.8. The van der Waals surface area contributed by atoms with E-state index in [9.17, 15) is 4.79 Å². The summed E-state index contributed by atoms with van der Waals surface area (Å²) in [5, 5.41) is 0. The predicted octanol–water partition coefficient (Wildman–Crippen LogP) is 3.80. The first-order valence-electron chi connectivity index (χ1n) is 7.48. The lowest BCUT2D eigenvalue weighted by Crippen LogP contribution is -2.42. The lowest BCUT2D eigenvalue weighted by molar-refractivity contribution is 0.0181. The Morgan fingerprint density at radius 3 is 2.45 bits per heavy atom. The van der Waals surface area contributed by atoms with Crippen molar-refractivity contribution in [2.24, 2.45) is 5.92 Å². The van der Waals surface area contributed by atoms with E-state index in [4.69, 9.17) is 4.74 Å². The second-order valence-electron chi connectivity index (χ2n) is 7.04. The highest BCUT2D eigenvalue weighted by atomic mass is 16.6. The maximum atomic E-state index is 12.2. The van der Waals surface area contributed by atoms with E-state index in [1.165, 1.54) is 5.56 Å². The zero-order chi connectivity index (χ0) is 14.3. The van der Waals surface area contributed by atoms with Crippen LogP contribution in [-0.2, 0) is 4.74 Å². The highest BCUT2D eigenvalue weighted by Crippen LogP contribution is 2.47. The lowest BCUT2D eigenvalue weighted by Gasteiger charge is -2.33. The summed E-state index contributed by atoms with van der Waals surface area (Å²) < 4.78 is 5.50. The number of hydrogen-bond donors (Lipinski definition) is 0. The van der Waals surface area contributed by atoms with Crippen LogP contribution in [0.4, 0.5) is 4.79 Å². The molecule has 108 valence electrons. The van der Waals surface area contributed by atoms with Crippen molar-refractivity contribution in [2.75, 3.05) is 6.54 Å². The number of likely N-dealkylation sites (tertiary alicyclic amines) is 1. The predicted molar refractivity (Wildman–Crippen MR) is 78.6 cm³/mol. The highest BCUT2D eigenvalue weighted by molar-refractivity contribution is 5.69. The molecule has 1 aromatic rings. The Hall–Kier alpha value is -1.51. The van der Waals surface area contributed by atoms with Crippen molar-refractivity contribution in [3.8, 4) is 0 Å². The first-order chi connectivity index (χ1) is 9.44. The Bertz CT molecular complexity index is 491. The third-order valence-electron chi connectivity index (χ3n) is 4.40. The van der Waals surface area contributed by atoms with Crippen molar-refractivity contribution >= 4 is 6.09 Å². The first-order valence-corrected chi connectivity index (χ1v) is 7.48. The molecule has 20 heavy (non-hydrogen) atoms. The van der Waals surface area contributed by atoms with Crippen molar-refractivity contribution in [3.63, 3.8) is 0 Å². The molecule has 1 aliphatic heterocycles. The molecule has 0 N–H and O–H groups in total. The standard InChI is InChI=1S/C17H23NO2/c1-17(2,3)20-16(19)18-11-13-9-14(18)10-15(13)12-7-5-4-6-8-12/h4-8,13-15H,9-11H2,1-3H3/t13-,14-,15-/m1/s1. The molecule has 1 amide bonds. The second-order valence-corrected chi connectivity index (χ2v) is 7.04. The molecule has 1 aliphatic carbocycles.